The first-order valence-electron chi connectivity index (χ1n) is 7.32. The molecule has 0 aliphatic rings. The van der Waals surface area contributed by atoms with Crippen LogP contribution < -0.4 is 5.32 Å². The summed E-state index contributed by atoms with van der Waals surface area (Å²) < 4.78 is 0. The summed E-state index contributed by atoms with van der Waals surface area (Å²) in [6.07, 6.45) is 2.24. The fraction of sp³-hybridized carbons (Fsp3) is 0.529. The molecule has 1 atom stereocenters. The minimum absolute atomic E-state index is 0.460. The summed E-state index contributed by atoms with van der Waals surface area (Å²) in [6.45, 7) is 12.9. The molecular formula is C17H28N2. The van der Waals surface area contributed by atoms with Crippen molar-refractivity contribution < 1.29 is 0 Å². The molecule has 0 aliphatic heterocycles. The Labute approximate surface area is 118 Å². The van der Waals surface area contributed by atoms with Crippen molar-refractivity contribution in [2.45, 2.75) is 33.7 Å². The molecule has 0 radical (unpaired) electrons. The molecule has 1 aromatic carbocycles. The maximum Gasteiger partial charge on any atom is 0.0472 e. The van der Waals surface area contributed by atoms with Gasteiger partial charge in [0.05, 0.1) is 0 Å². The molecule has 106 valence electrons. The smallest absolute Gasteiger partial charge is 0.0472 e. The second-order valence-corrected chi connectivity index (χ2v) is 5.09. The van der Waals surface area contributed by atoms with Crippen molar-refractivity contribution in [3.8, 4) is 0 Å². The number of hydrogen-bond acceptors (Lipinski definition) is 2. The molecule has 19 heavy (non-hydrogen) atoms. The second-order valence-electron chi connectivity index (χ2n) is 5.09. The molecule has 0 saturated heterocycles. The van der Waals surface area contributed by atoms with Crippen LogP contribution in [0.3, 0.4) is 0 Å². The Hall–Kier alpha value is -1.12. The largest absolute Gasteiger partial charge is 0.311 e. The van der Waals surface area contributed by atoms with Crippen LogP contribution in [0.4, 0.5) is 0 Å². The molecule has 0 amide bonds. The topological polar surface area (TPSA) is 15.3 Å². The highest BCUT2D eigenvalue weighted by atomic mass is 15.2. The van der Waals surface area contributed by atoms with Crippen molar-refractivity contribution in [3.05, 3.63) is 47.5 Å². The standard InChI is InChI=1S/C17H28N2/c1-5-19(6-2)17(14-18-13-12-15(3)4)16-10-8-7-9-11-16/h7-12,17-18H,5-6,13-14H2,1-4H3. The molecule has 0 aliphatic carbocycles. The average molecular weight is 260 g/mol. The highest BCUT2D eigenvalue weighted by molar-refractivity contribution is 5.19. The zero-order valence-electron chi connectivity index (χ0n) is 12.8. The Bertz CT molecular complexity index is 362. The van der Waals surface area contributed by atoms with Gasteiger partial charge in [-0.25, -0.2) is 0 Å². The Morgan fingerprint density at radius 2 is 1.79 bits per heavy atom. The van der Waals surface area contributed by atoms with Crippen LogP contribution in [0.1, 0.15) is 39.3 Å². The lowest BCUT2D eigenvalue weighted by Gasteiger charge is -2.30. The van der Waals surface area contributed by atoms with Gasteiger partial charge in [-0.1, -0.05) is 55.8 Å². The number of benzene rings is 1. The van der Waals surface area contributed by atoms with E-state index in [0.717, 1.165) is 26.2 Å². The molecule has 0 saturated carbocycles. The van der Waals surface area contributed by atoms with E-state index in [2.05, 4.69) is 74.3 Å². The predicted molar refractivity (Wildman–Crippen MR) is 84.4 cm³/mol. The second kappa shape index (κ2) is 8.89. The van der Waals surface area contributed by atoms with Crippen LogP contribution in [0.25, 0.3) is 0 Å². The molecule has 0 spiro atoms. The van der Waals surface area contributed by atoms with E-state index in [1.807, 2.05) is 0 Å². The molecular weight excluding hydrogens is 232 g/mol. The van der Waals surface area contributed by atoms with Crippen molar-refractivity contribution in [2.75, 3.05) is 26.2 Å². The molecule has 1 unspecified atom stereocenters. The molecule has 2 nitrogen and oxygen atoms in total. The van der Waals surface area contributed by atoms with Crippen LogP contribution in [0, 0.1) is 0 Å². The first kappa shape index (κ1) is 15.9. The van der Waals surface area contributed by atoms with Gasteiger partial charge in [-0.15, -0.1) is 0 Å². The zero-order valence-corrected chi connectivity index (χ0v) is 12.8. The lowest BCUT2D eigenvalue weighted by atomic mass is 10.1. The van der Waals surface area contributed by atoms with Crippen molar-refractivity contribution >= 4 is 0 Å². The first-order valence-corrected chi connectivity index (χ1v) is 7.32. The third kappa shape index (κ3) is 5.58. The van der Waals surface area contributed by atoms with Crippen molar-refractivity contribution in [1.82, 2.24) is 10.2 Å². The number of rotatable bonds is 8. The summed E-state index contributed by atoms with van der Waals surface area (Å²) in [4.78, 5) is 2.50. The maximum atomic E-state index is 3.55. The molecule has 0 fully saturated rings. The van der Waals surface area contributed by atoms with E-state index in [-0.39, 0.29) is 0 Å². The summed E-state index contributed by atoms with van der Waals surface area (Å²) in [7, 11) is 0. The van der Waals surface area contributed by atoms with Crippen molar-refractivity contribution in [2.24, 2.45) is 0 Å². The molecule has 0 heterocycles. The molecule has 1 rings (SSSR count). The average Bonchev–Trinajstić information content (AvgIpc) is 2.43. The quantitative estimate of drug-likeness (QED) is 0.567. The third-order valence-electron chi connectivity index (χ3n) is 3.43. The Kier molecular flexibility index (Phi) is 7.46. The van der Waals surface area contributed by atoms with Crippen molar-refractivity contribution in [1.29, 1.82) is 0 Å². The van der Waals surface area contributed by atoms with Crippen LogP contribution >= 0.6 is 0 Å². The van der Waals surface area contributed by atoms with Gasteiger partial charge in [0, 0.05) is 19.1 Å². The molecule has 1 aromatic rings. The number of allylic oxidation sites excluding steroid dienone is 1. The summed E-state index contributed by atoms with van der Waals surface area (Å²) in [5, 5.41) is 3.55. The van der Waals surface area contributed by atoms with Gasteiger partial charge in [-0.05, 0) is 32.5 Å². The van der Waals surface area contributed by atoms with Gasteiger partial charge in [-0.2, -0.15) is 0 Å². The zero-order chi connectivity index (χ0) is 14.1. The monoisotopic (exact) mass is 260 g/mol. The van der Waals surface area contributed by atoms with Crippen LogP contribution in [0.15, 0.2) is 42.0 Å². The molecule has 1 N–H and O–H groups in total. The summed E-state index contributed by atoms with van der Waals surface area (Å²) in [6, 6.07) is 11.3. The van der Waals surface area contributed by atoms with E-state index in [1.54, 1.807) is 0 Å². The predicted octanol–water partition coefficient (Wildman–Crippen LogP) is 3.63. The van der Waals surface area contributed by atoms with Gasteiger partial charge in [0.1, 0.15) is 0 Å². The van der Waals surface area contributed by atoms with Crippen LogP contribution in [0.5, 0.6) is 0 Å². The Morgan fingerprint density at radius 1 is 1.16 bits per heavy atom. The lowest BCUT2D eigenvalue weighted by molar-refractivity contribution is 0.215. The normalized spacial score (nSPS) is 12.5. The van der Waals surface area contributed by atoms with E-state index in [9.17, 15) is 0 Å². The Morgan fingerprint density at radius 3 is 2.32 bits per heavy atom. The minimum Gasteiger partial charge on any atom is -0.311 e. The van der Waals surface area contributed by atoms with Gasteiger partial charge >= 0.3 is 0 Å². The van der Waals surface area contributed by atoms with E-state index in [4.69, 9.17) is 0 Å². The lowest BCUT2D eigenvalue weighted by Crippen LogP contribution is -2.35. The molecule has 2 heteroatoms. The number of nitrogens with zero attached hydrogens (tertiary/aromatic N) is 1. The number of nitrogens with one attached hydrogen (secondary N) is 1. The molecule has 0 aromatic heterocycles. The fourth-order valence-corrected chi connectivity index (χ4v) is 2.29. The van der Waals surface area contributed by atoms with E-state index >= 15 is 0 Å². The van der Waals surface area contributed by atoms with Crippen LogP contribution in [0.2, 0.25) is 0 Å². The van der Waals surface area contributed by atoms with E-state index < -0.39 is 0 Å². The first-order chi connectivity index (χ1) is 9.19. The summed E-state index contributed by atoms with van der Waals surface area (Å²) >= 11 is 0. The molecule has 0 bridgehead atoms. The highest BCUT2D eigenvalue weighted by Crippen LogP contribution is 2.19. The van der Waals surface area contributed by atoms with Gasteiger partial charge < -0.3 is 5.32 Å². The fourth-order valence-electron chi connectivity index (χ4n) is 2.29. The van der Waals surface area contributed by atoms with E-state index in [1.165, 1.54) is 11.1 Å². The number of hydrogen-bond donors (Lipinski definition) is 1. The van der Waals surface area contributed by atoms with Crippen LogP contribution in [-0.4, -0.2) is 31.1 Å². The van der Waals surface area contributed by atoms with Gasteiger partial charge in [-0.3, -0.25) is 4.90 Å². The minimum atomic E-state index is 0.460. The van der Waals surface area contributed by atoms with Gasteiger partial charge in [0.15, 0.2) is 0 Å². The van der Waals surface area contributed by atoms with Crippen molar-refractivity contribution in [3.63, 3.8) is 0 Å². The van der Waals surface area contributed by atoms with Crippen LogP contribution in [-0.2, 0) is 0 Å². The number of likely N-dealkylation sites (N-methyl/N-ethyl adjacent to an activating group) is 1. The highest BCUT2D eigenvalue weighted by Gasteiger charge is 2.16. The van der Waals surface area contributed by atoms with Gasteiger partial charge in [0.25, 0.3) is 0 Å². The Balaban J connectivity index is 2.68. The van der Waals surface area contributed by atoms with E-state index in [0.29, 0.717) is 6.04 Å². The third-order valence-corrected chi connectivity index (χ3v) is 3.43. The maximum absolute atomic E-state index is 3.55. The summed E-state index contributed by atoms with van der Waals surface area (Å²) in [5.41, 5.74) is 2.77. The SMILES string of the molecule is CCN(CC)C(CNCC=C(C)C)c1ccccc1. The summed E-state index contributed by atoms with van der Waals surface area (Å²) in [5.74, 6) is 0. The van der Waals surface area contributed by atoms with Gasteiger partial charge in [0.2, 0.25) is 0 Å².